The van der Waals surface area contributed by atoms with E-state index in [0.29, 0.717) is 34.0 Å². The number of hydrogen-bond acceptors (Lipinski definition) is 5. The first kappa shape index (κ1) is 21.8. The van der Waals surface area contributed by atoms with Crippen LogP contribution in [-0.2, 0) is 9.53 Å². The molecule has 0 spiro atoms. The maximum Gasteiger partial charge on any atom is 0.337 e. The molecular weight excluding hydrogens is 400 g/mol. The number of hydrogen-bond donors (Lipinski definition) is 2. The third kappa shape index (κ3) is 6.00. The molecule has 0 aliphatic carbocycles. The molecule has 28 heavy (non-hydrogen) atoms. The molecule has 1 atom stereocenters. The standard InChI is InChI=1S/C20H21ClN2O4S/c1-27-20(26)13-7-9-14(10-8-13)22-19(25)17(11-12-28-2)23-18(24)15-5-3-4-6-16(15)21/h3-10,17H,11-12H2,1-2H3,(H,22,25)(H,23,24)/t17-/m1/s1. The summed E-state index contributed by atoms with van der Waals surface area (Å²) >= 11 is 7.64. The van der Waals surface area contributed by atoms with E-state index < -0.39 is 17.9 Å². The average Bonchev–Trinajstić information content (AvgIpc) is 2.71. The highest BCUT2D eigenvalue weighted by Crippen LogP contribution is 2.16. The largest absolute Gasteiger partial charge is 0.465 e. The molecule has 2 aromatic rings. The van der Waals surface area contributed by atoms with Crippen molar-refractivity contribution in [2.24, 2.45) is 0 Å². The van der Waals surface area contributed by atoms with Crippen molar-refractivity contribution in [1.29, 1.82) is 0 Å². The SMILES string of the molecule is COC(=O)c1ccc(NC(=O)[C@@H](CCSC)NC(=O)c2ccccc2Cl)cc1. The Kier molecular flexibility index (Phi) is 8.35. The molecule has 148 valence electrons. The molecule has 2 aromatic carbocycles. The predicted octanol–water partition coefficient (Wildman–Crippen LogP) is 3.62. The summed E-state index contributed by atoms with van der Waals surface area (Å²) in [6.45, 7) is 0. The van der Waals surface area contributed by atoms with Crippen LogP contribution in [0.2, 0.25) is 5.02 Å². The second-order valence-corrected chi connectivity index (χ2v) is 7.24. The molecule has 0 aliphatic heterocycles. The van der Waals surface area contributed by atoms with Crippen molar-refractivity contribution in [2.75, 3.05) is 24.4 Å². The zero-order valence-electron chi connectivity index (χ0n) is 15.5. The van der Waals surface area contributed by atoms with Gasteiger partial charge in [-0.25, -0.2) is 4.79 Å². The van der Waals surface area contributed by atoms with E-state index in [9.17, 15) is 14.4 Å². The summed E-state index contributed by atoms with van der Waals surface area (Å²) in [6.07, 6.45) is 2.39. The Morgan fingerprint density at radius 1 is 1.11 bits per heavy atom. The van der Waals surface area contributed by atoms with Crippen LogP contribution in [0.5, 0.6) is 0 Å². The predicted molar refractivity (Wildman–Crippen MR) is 112 cm³/mol. The molecule has 0 saturated carbocycles. The zero-order valence-corrected chi connectivity index (χ0v) is 17.1. The number of halogens is 1. The van der Waals surface area contributed by atoms with Gasteiger partial charge in [0.15, 0.2) is 0 Å². The quantitative estimate of drug-likeness (QED) is 0.637. The van der Waals surface area contributed by atoms with E-state index in [0.717, 1.165) is 0 Å². The van der Waals surface area contributed by atoms with Crippen LogP contribution in [0.25, 0.3) is 0 Å². The fourth-order valence-electron chi connectivity index (χ4n) is 2.42. The number of anilines is 1. The van der Waals surface area contributed by atoms with Crippen LogP contribution in [0, 0.1) is 0 Å². The number of amides is 2. The summed E-state index contributed by atoms with van der Waals surface area (Å²) < 4.78 is 4.65. The van der Waals surface area contributed by atoms with Gasteiger partial charge in [-0.3, -0.25) is 9.59 Å². The van der Waals surface area contributed by atoms with Gasteiger partial charge in [-0.2, -0.15) is 11.8 Å². The fourth-order valence-corrected chi connectivity index (χ4v) is 3.12. The molecule has 0 radical (unpaired) electrons. The van der Waals surface area contributed by atoms with Gasteiger partial charge in [-0.1, -0.05) is 23.7 Å². The van der Waals surface area contributed by atoms with Crippen LogP contribution in [0.1, 0.15) is 27.1 Å². The number of ether oxygens (including phenoxy) is 1. The number of esters is 1. The third-order valence-corrected chi connectivity index (χ3v) is 4.90. The lowest BCUT2D eigenvalue weighted by molar-refractivity contribution is -0.118. The fraction of sp³-hybridized carbons (Fsp3) is 0.250. The lowest BCUT2D eigenvalue weighted by atomic mass is 10.1. The summed E-state index contributed by atoms with van der Waals surface area (Å²) in [7, 11) is 1.30. The van der Waals surface area contributed by atoms with Crippen LogP contribution >= 0.6 is 23.4 Å². The smallest absolute Gasteiger partial charge is 0.337 e. The van der Waals surface area contributed by atoms with Crippen molar-refractivity contribution in [3.63, 3.8) is 0 Å². The highest BCUT2D eigenvalue weighted by atomic mass is 35.5. The van der Waals surface area contributed by atoms with E-state index in [-0.39, 0.29) is 5.91 Å². The maximum absolute atomic E-state index is 12.7. The molecule has 0 bridgehead atoms. The van der Waals surface area contributed by atoms with Crippen molar-refractivity contribution in [2.45, 2.75) is 12.5 Å². The number of methoxy groups -OCH3 is 1. The second kappa shape index (κ2) is 10.7. The monoisotopic (exact) mass is 420 g/mol. The molecule has 6 nitrogen and oxygen atoms in total. The summed E-state index contributed by atoms with van der Waals surface area (Å²) in [4.78, 5) is 36.7. The number of nitrogens with one attached hydrogen (secondary N) is 2. The van der Waals surface area contributed by atoms with Crippen LogP contribution in [-0.4, -0.2) is 42.9 Å². The van der Waals surface area contributed by atoms with E-state index in [1.165, 1.54) is 7.11 Å². The van der Waals surface area contributed by atoms with Gasteiger partial charge in [0, 0.05) is 5.69 Å². The normalized spacial score (nSPS) is 11.4. The Morgan fingerprint density at radius 2 is 1.79 bits per heavy atom. The first-order chi connectivity index (χ1) is 13.5. The highest BCUT2D eigenvalue weighted by molar-refractivity contribution is 7.98. The molecule has 0 heterocycles. The summed E-state index contributed by atoms with van der Waals surface area (Å²) in [6, 6.07) is 12.3. The summed E-state index contributed by atoms with van der Waals surface area (Å²) in [5, 5.41) is 5.83. The van der Waals surface area contributed by atoms with Crippen molar-refractivity contribution in [3.05, 3.63) is 64.7 Å². The van der Waals surface area contributed by atoms with Crippen LogP contribution < -0.4 is 10.6 Å². The van der Waals surface area contributed by atoms with Gasteiger partial charge in [0.05, 0.1) is 23.3 Å². The Balaban J connectivity index is 2.09. The Morgan fingerprint density at radius 3 is 2.39 bits per heavy atom. The number of rotatable bonds is 8. The Hall–Kier alpha value is -2.51. The Labute approximate surface area is 173 Å². The number of benzene rings is 2. The third-order valence-electron chi connectivity index (χ3n) is 3.92. The van der Waals surface area contributed by atoms with Crippen LogP contribution in [0.4, 0.5) is 5.69 Å². The molecule has 2 N–H and O–H groups in total. The molecule has 0 aliphatic rings. The van der Waals surface area contributed by atoms with E-state index >= 15 is 0 Å². The number of carbonyl (C=O) groups is 3. The topological polar surface area (TPSA) is 84.5 Å². The van der Waals surface area contributed by atoms with Gasteiger partial charge in [-0.15, -0.1) is 0 Å². The zero-order chi connectivity index (χ0) is 20.5. The van der Waals surface area contributed by atoms with E-state index in [1.54, 1.807) is 60.3 Å². The van der Waals surface area contributed by atoms with Crippen molar-refractivity contribution >= 4 is 46.8 Å². The molecule has 8 heteroatoms. The van der Waals surface area contributed by atoms with Crippen molar-refractivity contribution in [1.82, 2.24) is 5.32 Å². The molecule has 2 amide bonds. The molecule has 0 saturated heterocycles. The van der Waals surface area contributed by atoms with Gasteiger partial charge in [0.2, 0.25) is 5.91 Å². The van der Waals surface area contributed by atoms with Crippen molar-refractivity contribution < 1.29 is 19.1 Å². The van der Waals surface area contributed by atoms with Crippen LogP contribution in [0.3, 0.4) is 0 Å². The second-order valence-electron chi connectivity index (χ2n) is 5.85. The Bertz CT molecular complexity index is 842. The highest BCUT2D eigenvalue weighted by Gasteiger charge is 2.22. The lowest BCUT2D eigenvalue weighted by Crippen LogP contribution is -2.44. The minimum absolute atomic E-state index is 0.313. The molecule has 0 fully saturated rings. The molecule has 0 unspecified atom stereocenters. The number of carbonyl (C=O) groups excluding carboxylic acids is 3. The minimum atomic E-state index is -0.725. The van der Waals surface area contributed by atoms with Gasteiger partial charge in [0.25, 0.3) is 5.91 Å². The molecule has 2 rings (SSSR count). The van der Waals surface area contributed by atoms with Gasteiger partial charge >= 0.3 is 5.97 Å². The average molecular weight is 421 g/mol. The van der Waals surface area contributed by atoms with Crippen molar-refractivity contribution in [3.8, 4) is 0 Å². The van der Waals surface area contributed by atoms with E-state index in [1.807, 2.05) is 6.26 Å². The summed E-state index contributed by atoms with van der Waals surface area (Å²) in [5.74, 6) is -0.516. The summed E-state index contributed by atoms with van der Waals surface area (Å²) in [5.41, 5.74) is 1.21. The van der Waals surface area contributed by atoms with Gasteiger partial charge in [-0.05, 0) is 54.8 Å². The van der Waals surface area contributed by atoms with E-state index in [2.05, 4.69) is 15.4 Å². The molecular formula is C20H21ClN2O4S. The molecule has 0 aromatic heterocycles. The van der Waals surface area contributed by atoms with Crippen LogP contribution in [0.15, 0.2) is 48.5 Å². The lowest BCUT2D eigenvalue weighted by Gasteiger charge is -2.18. The first-order valence-electron chi connectivity index (χ1n) is 8.49. The van der Waals surface area contributed by atoms with E-state index in [4.69, 9.17) is 11.6 Å². The van der Waals surface area contributed by atoms with Gasteiger partial charge in [0.1, 0.15) is 6.04 Å². The minimum Gasteiger partial charge on any atom is -0.465 e. The maximum atomic E-state index is 12.7. The number of thioether (sulfide) groups is 1. The van der Waals surface area contributed by atoms with Gasteiger partial charge < -0.3 is 15.4 Å². The first-order valence-corrected chi connectivity index (χ1v) is 10.3.